The molecular weight excluding hydrogens is 254 g/mol. The molecule has 1 aliphatic rings. The van der Waals surface area contributed by atoms with Crippen LogP contribution in [0, 0.1) is 12.8 Å². The normalized spacial score (nSPS) is 18.0. The summed E-state index contributed by atoms with van der Waals surface area (Å²) < 4.78 is 1.28. The van der Waals surface area contributed by atoms with Crippen LogP contribution < -0.4 is 5.32 Å². The molecule has 3 nitrogen and oxygen atoms in total. The summed E-state index contributed by atoms with van der Waals surface area (Å²) in [6, 6.07) is 6.46. The van der Waals surface area contributed by atoms with Crippen molar-refractivity contribution >= 4 is 26.7 Å². The summed E-state index contributed by atoms with van der Waals surface area (Å²) in [5.74, 6) is 0.796. The van der Waals surface area contributed by atoms with Gasteiger partial charge >= 0.3 is 0 Å². The second kappa shape index (κ2) is 5.47. The van der Waals surface area contributed by atoms with Crippen molar-refractivity contribution in [2.45, 2.75) is 19.8 Å². The Bertz CT molecular complexity index is 556. The van der Waals surface area contributed by atoms with E-state index in [-0.39, 0.29) is 0 Å². The lowest BCUT2D eigenvalue weighted by Gasteiger charge is -2.28. The smallest absolute Gasteiger partial charge is 0.183 e. The van der Waals surface area contributed by atoms with E-state index in [1.807, 2.05) is 0 Å². The Labute approximate surface area is 118 Å². The van der Waals surface area contributed by atoms with Crippen molar-refractivity contribution in [3.63, 3.8) is 0 Å². The van der Waals surface area contributed by atoms with Gasteiger partial charge in [-0.3, -0.25) is 0 Å². The van der Waals surface area contributed by atoms with Crippen molar-refractivity contribution in [2.24, 2.45) is 5.92 Å². The molecule has 0 saturated carbocycles. The first-order valence-electron chi connectivity index (χ1n) is 7.00. The summed E-state index contributed by atoms with van der Waals surface area (Å²) in [5.41, 5.74) is 2.42. The Morgan fingerprint density at radius 3 is 2.95 bits per heavy atom. The fourth-order valence-electron chi connectivity index (χ4n) is 2.61. The number of thiazole rings is 1. The number of aryl methyl sites for hydroxylation is 1. The van der Waals surface area contributed by atoms with Crippen LogP contribution in [0.15, 0.2) is 18.2 Å². The number of rotatable bonds is 3. The lowest BCUT2D eigenvalue weighted by Crippen LogP contribution is -2.32. The minimum absolute atomic E-state index is 0.796. The van der Waals surface area contributed by atoms with Crippen LogP contribution in [0.1, 0.15) is 18.4 Å². The van der Waals surface area contributed by atoms with Crippen LogP contribution in [0.2, 0.25) is 0 Å². The molecule has 0 amide bonds. The van der Waals surface area contributed by atoms with E-state index in [1.165, 1.54) is 36.2 Å². The first kappa shape index (κ1) is 12.9. The van der Waals surface area contributed by atoms with Crippen LogP contribution in [-0.2, 0) is 0 Å². The molecule has 19 heavy (non-hydrogen) atoms. The largest absolute Gasteiger partial charge is 0.361 e. The molecule has 0 radical (unpaired) electrons. The van der Waals surface area contributed by atoms with E-state index in [9.17, 15) is 0 Å². The lowest BCUT2D eigenvalue weighted by molar-refractivity contribution is 0.226. The zero-order chi connectivity index (χ0) is 13.2. The molecule has 4 heteroatoms. The van der Waals surface area contributed by atoms with Crippen LogP contribution >= 0.6 is 11.3 Å². The van der Waals surface area contributed by atoms with Crippen molar-refractivity contribution in [1.82, 2.24) is 9.88 Å². The van der Waals surface area contributed by atoms with Crippen LogP contribution in [-0.4, -0.2) is 36.6 Å². The molecule has 3 rings (SSSR count). The number of nitrogens with one attached hydrogen (secondary N) is 1. The molecule has 102 valence electrons. The highest BCUT2D eigenvalue weighted by Gasteiger charge is 2.16. The molecule has 0 spiro atoms. The Morgan fingerprint density at radius 1 is 1.37 bits per heavy atom. The molecule has 1 N–H and O–H groups in total. The van der Waals surface area contributed by atoms with E-state index in [2.05, 4.69) is 47.4 Å². The van der Waals surface area contributed by atoms with Gasteiger partial charge in [-0.2, -0.15) is 0 Å². The molecule has 1 aromatic carbocycles. The topological polar surface area (TPSA) is 28.2 Å². The maximum Gasteiger partial charge on any atom is 0.183 e. The Kier molecular flexibility index (Phi) is 3.71. The van der Waals surface area contributed by atoms with Gasteiger partial charge in [0.15, 0.2) is 5.13 Å². The number of benzene rings is 1. The molecule has 2 aromatic rings. The molecule has 0 bridgehead atoms. The van der Waals surface area contributed by atoms with Crippen molar-refractivity contribution in [2.75, 3.05) is 32.0 Å². The highest BCUT2D eigenvalue weighted by Crippen LogP contribution is 2.27. The Hall–Kier alpha value is -1.13. The highest BCUT2D eigenvalue weighted by atomic mass is 32.1. The highest BCUT2D eigenvalue weighted by molar-refractivity contribution is 7.22. The van der Waals surface area contributed by atoms with Crippen LogP contribution in [0.5, 0.6) is 0 Å². The average Bonchev–Trinajstić information content (AvgIpc) is 2.80. The van der Waals surface area contributed by atoms with Gasteiger partial charge in [-0.05, 0) is 63.5 Å². The summed E-state index contributed by atoms with van der Waals surface area (Å²) >= 11 is 1.77. The summed E-state index contributed by atoms with van der Waals surface area (Å²) in [6.45, 7) is 5.65. The number of hydrogen-bond acceptors (Lipinski definition) is 4. The Balaban J connectivity index is 1.62. The Morgan fingerprint density at radius 2 is 2.16 bits per heavy atom. The van der Waals surface area contributed by atoms with Gasteiger partial charge in [0.1, 0.15) is 0 Å². The maximum absolute atomic E-state index is 4.65. The second-order valence-corrected chi connectivity index (χ2v) is 6.65. The van der Waals surface area contributed by atoms with Gasteiger partial charge in [0.25, 0.3) is 0 Å². The van der Waals surface area contributed by atoms with Crippen LogP contribution in [0.3, 0.4) is 0 Å². The molecule has 0 atom stereocenters. The molecule has 1 aromatic heterocycles. The predicted octanol–water partition coefficient (Wildman–Crippen LogP) is 3.36. The van der Waals surface area contributed by atoms with E-state index < -0.39 is 0 Å². The van der Waals surface area contributed by atoms with E-state index in [4.69, 9.17) is 0 Å². The average molecular weight is 275 g/mol. The van der Waals surface area contributed by atoms with Gasteiger partial charge in [0.05, 0.1) is 10.2 Å². The zero-order valence-corrected chi connectivity index (χ0v) is 12.5. The number of hydrogen-bond donors (Lipinski definition) is 1. The third-order valence-electron chi connectivity index (χ3n) is 3.92. The molecule has 1 fully saturated rings. The first-order chi connectivity index (χ1) is 9.20. The quantitative estimate of drug-likeness (QED) is 0.931. The molecule has 0 unspecified atom stereocenters. The van der Waals surface area contributed by atoms with E-state index >= 15 is 0 Å². The number of aromatic nitrogens is 1. The van der Waals surface area contributed by atoms with Gasteiger partial charge in [0, 0.05) is 6.54 Å². The standard InChI is InChI=1S/C15H21N3S/c1-11-3-4-13-14(9-11)19-15(17-13)16-10-12-5-7-18(2)8-6-12/h3-4,9,12H,5-8,10H2,1-2H3,(H,16,17). The van der Waals surface area contributed by atoms with Crippen molar-refractivity contribution in [3.05, 3.63) is 23.8 Å². The number of fused-ring (bicyclic) bond motifs is 1. The molecule has 0 aliphatic carbocycles. The zero-order valence-electron chi connectivity index (χ0n) is 11.6. The summed E-state index contributed by atoms with van der Waals surface area (Å²) in [7, 11) is 2.21. The van der Waals surface area contributed by atoms with Gasteiger partial charge < -0.3 is 10.2 Å². The third kappa shape index (κ3) is 3.07. The van der Waals surface area contributed by atoms with Crippen molar-refractivity contribution in [3.8, 4) is 0 Å². The minimum Gasteiger partial charge on any atom is -0.361 e. The lowest BCUT2D eigenvalue weighted by atomic mass is 9.97. The minimum atomic E-state index is 0.796. The number of anilines is 1. The van der Waals surface area contributed by atoms with E-state index in [0.717, 1.165) is 23.1 Å². The van der Waals surface area contributed by atoms with Crippen molar-refractivity contribution < 1.29 is 0 Å². The predicted molar refractivity (Wildman–Crippen MR) is 83.1 cm³/mol. The SMILES string of the molecule is Cc1ccc2nc(NCC3CCN(C)CC3)sc2c1. The third-order valence-corrected chi connectivity index (χ3v) is 4.90. The van der Waals surface area contributed by atoms with Gasteiger partial charge in [-0.25, -0.2) is 4.98 Å². The summed E-state index contributed by atoms with van der Waals surface area (Å²) in [4.78, 5) is 7.06. The van der Waals surface area contributed by atoms with Gasteiger partial charge in [-0.1, -0.05) is 17.4 Å². The molecule has 2 heterocycles. The van der Waals surface area contributed by atoms with Gasteiger partial charge in [-0.15, -0.1) is 0 Å². The monoisotopic (exact) mass is 275 g/mol. The van der Waals surface area contributed by atoms with E-state index in [0.29, 0.717) is 0 Å². The second-order valence-electron chi connectivity index (χ2n) is 5.62. The summed E-state index contributed by atoms with van der Waals surface area (Å²) in [6.07, 6.45) is 2.60. The molecular formula is C15H21N3S. The van der Waals surface area contributed by atoms with Gasteiger partial charge in [0.2, 0.25) is 0 Å². The molecule has 1 saturated heterocycles. The fourth-order valence-corrected chi connectivity index (χ4v) is 3.58. The maximum atomic E-state index is 4.65. The van der Waals surface area contributed by atoms with Crippen LogP contribution in [0.4, 0.5) is 5.13 Å². The first-order valence-corrected chi connectivity index (χ1v) is 7.82. The summed E-state index contributed by atoms with van der Waals surface area (Å²) in [5, 5.41) is 4.60. The molecule has 1 aliphatic heterocycles. The van der Waals surface area contributed by atoms with Crippen LogP contribution in [0.25, 0.3) is 10.2 Å². The van der Waals surface area contributed by atoms with Crippen molar-refractivity contribution in [1.29, 1.82) is 0 Å². The number of nitrogens with zero attached hydrogens (tertiary/aromatic N) is 2. The fraction of sp³-hybridized carbons (Fsp3) is 0.533. The number of piperidine rings is 1. The van der Waals surface area contributed by atoms with E-state index in [1.54, 1.807) is 11.3 Å². The number of likely N-dealkylation sites (tertiary alicyclic amines) is 1.